The summed E-state index contributed by atoms with van der Waals surface area (Å²) in [6.07, 6.45) is 1.16. The van der Waals surface area contributed by atoms with E-state index in [1.807, 2.05) is 0 Å². The normalized spacial score (nSPS) is 13.3. The fourth-order valence-electron chi connectivity index (χ4n) is 3.16. The van der Waals surface area contributed by atoms with E-state index in [2.05, 4.69) is 10.1 Å². The van der Waals surface area contributed by atoms with Crippen LogP contribution in [-0.2, 0) is 14.3 Å². The van der Waals surface area contributed by atoms with E-state index in [9.17, 15) is 23.2 Å². The molecule has 0 radical (unpaired) electrons. The van der Waals surface area contributed by atoms with Crippen molar-refractivity contribution in [3.8, 4) is 11.5 Å². The fourth-order valence-corrected chi connectivity index (χ4v) is 3.16. The van der Waals surface area contributed by atoms with Crippen LogP contribution >= 0.6 is 0 Å². The molecule has 2 aromatic rings. The zero-order chi connectivity index (χ0) is 22.4. The predicted molar refractivity (Wildman–Crippen MR) is 107 cm³/mol. The van der Waals surface area contributed by atoms with Gasteiger partial charge in [-0.1, -0.05) is 18.2 Å². The molecule has 0 unspecified atom stereocenters. The van der Waals surface area contributed by atoms with Gasteiger partial charge in [0.2, 0.25) is 5.91 Å². The Hall–Kier alpha value is -3.69. The number of nitrogens with one attached hydrogen (secondary N) is 1. The van der Waals surface area contributed by atoms with Gasteiger partial charge in [-0.2, -0.15) is 8.78 Å². The summed E-state index contributed by atoms with van der Waals surface area (Å²) < 4.78 is 39.7. The first-order valence-corrected chi connectivity index (χ1v) is 9.39. The lowest BCUT2D eigenvalue weighted by Crippen LogP contribution is -2.27. The molecule has 1 heterocycles. The largest absolute Gasteiger partial charge is 0.493 e. The van der Waals surface area contributed by atoms with E-state index >= 15 is 0 Å². The first-order valence-electron chi connectivity index (χ1n) is 9.39. The van der Waals surface area contributed by atoms with Gasteiger partial charge in [0.25, 0.3) is 5.91 Å². The van der Waals surface area contributed by atoms with Crippen LogP contribution in [0.5, 0.6) is 11.5 Å². The van der Waals surface area contributed by atoms with Gasteiger partial charge in [0.05, 0.1) is 18.5 Å². The van der Waals surface area contributed by atoms with Crippen LogP contribution in [0.2, 0.25) is 0 Å². The van der Waals surface area contributed by atoms with Gasteiger partial charge in [-0.25, -0.2) is 4.79 Å². The third kappa shape index (κ3) is 5.27. The van der Waals surface area contributed by atoms with E-state index in [4.69, 9.17) is 9.47 Å². The number of esters is 1. The topological polar surface area (TPSA) is 94.2 Å². The molecule has 0 spiro atoms. The number of carbonyl (C=O) groups excluding carboxylic acids is 3. The number of rotatable bonds is 8. The number of ether oxygens (including phenoxy) is 3. The Bertz CT molecular complexity index is 982. The number of hydrogen-bond donors (Lipinski definition) is 1. The Kier molecular flexibility index (Phi) is 7.01. The zero-order valence-electron chi connectivity index (χ0n) is 16.6. The summed E-state index contributed by atoms with van der Waals surface area (Å²) >= 11 is 0. The number of halogens is 2. The maximum atomic E-state index is 12.7. The quantitative estimate of drug-likeness (QED) is 0.642. The van der Waals surface area contributed by atoms with E-state index in [0.29, 0.717) is 24.3 Å². The zero-order valence-corrected chi connectivity index (χ0v) is 16.6. The SMILES string of the molecule is COc1cccc(C(=O)OCC(=O)Nc2ccccc2N2CCCC2=O)c1OC(F)F. The van der Waals surface area contributed by atoms with Crippen LogP contribution in [0, 0.1) is 0 Å². The second-order valence-corrected chi connectivity index (χ2v) is 6.51. The number of alkyl halides is 2. The highest BCUT2D eigenvalue weighted by molar-refractivity contribution is 6.03. The molecule has 2 amide bonds. The van der Waals surface area contributed by atoms with Gasteiger partial charge >= 0.3 is 12.6 Å². The van der Waals surface area contributed by atoms with E-state index in [1.165, 1.54) is 25.3 Å². The minimum absolute atomic E-state index is 0.0438. The van der Waals surface area contributed by atoms with Crippen LogP contribution in [0.25, 0.3) is 0 Å². The summed E-state index contributed by atoms with van der Waals surface area (Å²) in [5.74, 6) is -2.30. The van der Waals surface area contributed by atoms with Crippen molar-refractivity contribution in [2.75, 3.05) is 30.5 Å². The second kappa shape index (κ2) is 9.88. The summed E-state index contributed by atoms with van der Waals surface area (Å²) in [5.41, 5.74) is 0.627. The third-order valence-electron chi connectivity index (χ3n) is 4.50. The smallest absolute Gasteiger partial charge is 0.387 e. The molecule has 0 bridgehead atoms. The Balaban J connectivity index is 1.67. The van der Waals surface area contributed by atoms with Gasteiger partial charge in [0.1, 0.15) is 5.56 Å². The first kappa shape index (κ1) is 22.0. The number of methoxy groups -OCH3 is 1. The summed E-state index contributed by atoms with van der Waals surface area (Å²) in [4.78, 5) is 38.3. The van der Waals surface area contributed by atoms with Gasteiger partial charge in [-0.05, 0) is 30.7 Å². The number of para-hydroxylation sites is 3. The van der Waals surface area contributed by atoms with E-state index in [1.54, 1.807) is 29.2 Å². The Morgan fingerprint density at radius 1 is 1.16 bits per heavy atom. The minimum Gasteiger partial charge on any atom is -0.493 e. The molecule has 2 aromatic carbocycles. The minimum atomic E-state index is -3.18. The van der Waals surface area contributed by atoms with Crippen molar-refractivity contribution in [2.45, 2.75) is 19.5 Å². The highest BCUT2D eigenvalue weighted by atomic mass is 19.3. The van der Waals surface area contributed by atoms with E-state index < -0.39 is 30.8 Å². The van der Waals surface area contributed by atoms with Crippen molar-refractivity contribution in [2.24, 2.45) is 0 Å². The van der Waals surface area contributed by atoms with Crippen LogP contribution in [0.3, 0.4) is 0 Å². The maximum Gasteiger partial charge on any atom is 0.387 e. The lowest BCUT2D eigenvalue weighted by atomic mass is 10.2. The van der Waals surface area contributed by atoms with Crippen LogP contribution in [0.1, 0.15) is 23.2 Å². The fraction of sp³-hybridized carbons (Fsp3) is 0.286. The number of hydrogen-bond acceptors (Lipinski definition) is 6. The molecule has 8 nitrogen and oxygen atoms in total. The summed E-state index contributed by atoms with van der Waals surface area (Å²) in [5, 5.41) is 2.60. The molecule has 0 saturated carbocycles. The number of amides is 2. The van der Waals surface area contributed by atoms with Gasteiger partial charge in [-0.3, -0.25) is 9.59 Å². The molecular weight excluding hydrogens is 414 g/mol. The number of anilines is 2. The van der Waals surface area contributed by atoms with Crippen molar-refractivity contribution in [3.05, 3.63) is 48.0 Å². The molecule has 164 valence electrons. The first-order chi connectivity index (χ1) is 14.9. The van der Waals surface area contributed by atoms with Gasteiger partial charge in [-0.15, -0.1) is 0 Å². The molecule has 1 N–H and O–H groups in total. The highest BCUT2D eigenvalue weighted by Gasteiger charge is 2.25. The van der Waals surface area contributed by atoms with Crippen molar-refractivity contribution in [1.82, 2.24) is 0 Å². The Morgan fingerprint density at radius 3 is 2.61 bits per heavy atom. The molecule has 0 atom stereocenters. The monoisotopic (exact) mass is 434 g/mol. The molecular formula is C21H20F2N2O6. The third-order valence-corrected chi connectivity index (χ3v) is 4.50. The number of carbonyl (C=O) groups is 3. The van der Waals surface area contributed by atoms with Gasteiger partial charge in [0, 0.05) is 13.0 Å². The second-order valence-electron chi connectivity index (χ2n) is 6.51. The van der Waals surface area contributed by atoms with Crippen LogP contribution in [-0.4, -0.2) is 44.7 Å². The van der Waals surface area contributed by atoms with Crippen LogP contribution in [0.4, 0.5) is 20.2 Å². The summed E-state index contributed by atoms with van der Waals surface area (Å²) in [6.45, 7) is -3.31. The Morgan fingerprint density at radius 2 is 1.94 bits per heavy atom. The van der Waals surface area contributed by atoms with E-state index in [-0.39, 0.29) is 17.2 Å². The molecule has 1 saturated heterocycles. The molecule has 31 heavy (non-hydrogen) atoms. The number of benzene rings is 2. The summed E-state index contributed by atoms with van der Waals surface area (Å²) in [7, 11) is 1.23. The highest BCUT2D eigenvalue weighted by Crippen LogP contribution is 2.33. The van der Waals surface area contributed by atoms with Gasteiger partial charge < -0.3 is 24.4 Å². The standard InChI is InChI=1S/C21H20F2N2O6/c1-29-16-9-4-6-13(19(16)31-21(22)23)20(28)30-12-17(26)24-14-7-2-3-8-15(14)25-11-5-10-18(25)27/h2-4,6-9,21H,5,10-12H2,1H3,(H,24,26). The molecule has 0 aromatic heterocycles. The molecule has 1 fully saturated rings. The lowest BCUT2D eigenvalue weighted by Gasteiger charge is -2.20. The van der Waals surface area contributed by atoms with Gasteiger partial charge in [0.15, 0.2) is 18.1 Å². The predicted octanol–water partition coefficient (Wildman–Crippen LogP) is 3.22. The average molecular weight is 434 g/mol. The number of nitrogens with zero attached hydrogens (tertiary/aromatic N) is 1. The summed E-state index contributed by atoms with van der Waals surface area (Å²) in [6, 6.07) is 10.7. The van der Waals surface area contributed by atoms with Crippen molar-refractivity contribution in [1.29, 1.82) is 0 Å². The lowest BCUT2D eigenvalue weighted by molar-refractivity contribution is -0.119. The molecule has 3 rings (SSSR count). The Labute approximate surface area is 176 Å². The van der Waals surface area contributed by atoms with Crippen molar-refractivity contribution >= 4 is 29.2 Å². The van der Waals surface area contributed by atoms with Crippen molar-refractivity contribution in [3.63, 3.8) is 0 Å². The molecule has 0 aliphatic carbocycles. The molecule has 1 aliphatic heterocycles. The van der Waals surface area contributed by atoms with Crippen LogP contribution < -0.4 is 19.7 Å². The maximum absolute atomic E-state index is 12.7. The van der Waals surface area contributed by atoms with Crippen molar-refractivity contribution < 1.29 is 37.4 Å². The molecule has 10 heteroatoms. The van der Waals surface area contributed by atoms with E-state index in [0.717, 1.165) is 6.42 Å². The molecule has 1 aliphatic rings. The average Bonchev–Trinajstić information content (AvgIpc) is 3.18. The van der Waals surface area contributed by atoms with Crippen LogP contribution in [0.15, 0.2) is 42.5 Å².